The summed E-state index contributed by atoms with van der Waals surface area (Å²) in [4.78, 5) is 16.5. The molecule has 0 aliphatic rings. The van der Waals surface area contributed by atoms with Gasteiger partial charge in [0.25, 0.3) is 0 Å². The van der Waals surface area contributed by atoms with Gasteiger partial charge in [0, 0.05) is 29.9 Å². The zero-order valence-electron chi connectivity index (χ0n) is 9.17. The monoisotopic (exact) mass is 244 g/mol. The Hall–Kier alpha value is -1.94. The van der Waals surface area contributed by atoms with Crippen molar-refractivity contribution in [3.63, 3.8) is 0 Å². The van der Waals surface area contributed by atoms with Crippen LogP contribution in [0.3, 0.4) is 0 Å². The third-order valence-corrected chi connectivity index (χ3v) is 3.00. The summed E-state index contributed by atoms with van der Waals surface area (Å²) in [6.45, 7) is 0.524. The van der Waals surface area contributed by atoms with E-state index in [9.17, 15) is 4.79 Å². The number of thiophene rings is 1. The van der Waals surface area contributed by atoms with Crippen molar-refractivity contribution in [3.05, 3.63) is 58.6 Å². The molecular formula is C13H12N2OS. The minimum absolute atomic E-state index is 0.0878. The molecule has 0 spiro atoms. The van der Waals surface area contributed by atoms with Gasteiger partial charge in [0.15, 0.2) is 0 Å². The molecule has 3 nitrogen and oxygen atoms in total. The van der Waals surface area contributed by atoms with E-state index in [2.05, 4.69) is 10.3 Å². The average molecular weight is 244 g/mol. The summed E-state index contributed by atoms with van der Waals surface area (Å²) in [7, 11) is 0. The molecule has 2 rings (SSSR count). The lowest BCUT2D eigenvalue weighted by Crippen LogP contribution is -2.20. The van der Waals surface area contributed by atoms with Gasteiger partial charge < -0.3 is 5.32 Å². The Morgan fingerprint density at radius 3 is 2.88 bits per heavy atom. The molecule has 0 aliphatic carbocycles. The highest BCUT2D eigenvalue weighted by Crippen LogP contribution is 2.09. The van der Waals surface area contributed by atoms with Crippen molar-refractivity contribution in [3.8, 4) is 0 Å². The Morgan fingerprint density at radius 2 is 2.18 bits per heavy atom. The number of carbonyl (C=O) groups is 1. The van der Waals surface area contributed by atoms with Crippen molar-refractivity contribution in [2.45, 2.75) is 6.54 Å². The Bertz CT molecular complexity index is 491. The van der Waals surface area contributed by atoms with Crippen molar-refractivity contribution in [2.24, 2.45) is 0 Å². The molecule has 0 unspecified atom stereocenters. The van der Waals surface area contributed by atoms with Gasteiger partial charge in [0.05, 0.1) is 0 Å². The van der Waals surface area contributed by atoms with Gasteiger partial charge in [-0.1, -0.05) is 6.07 Å². The van der Waals surface area contributed by atoms with E-state index in [4.69, 9.17) is 0 Å². The van der Waals surface area contributed by atoms with Crippen LogP contribution in [0.1, 0.15) is 10.4 Å². The first-order valence-electron chi connectivity index (χ1n) is 5.23. The van der Waals surface area contributed by atoms with Crippen LogP contribution in [0.5, 0.6) is 0 Å². The number of nitrogens with zero attached hydrogens (tertiary/aromatic N) is 1. The van der Waals surface area contributed by atoms with E-state index in [-0.39, 0.29) is 5.91 Å². The molecule has 0 atom stereocenters. The van der Waals surface area contributed by atoms with Crippen molar-refractivity contribution < 1.29 is 4.79 Å². The lowest BCUT2D eigenvalue weighted by atomic mass is 10.3. The minimum atomic E-state index is -0.0878. The third kappa shape index (κ3) is 3.85. The molecule has 2 heterocycles. The second kappa shape index (κ2) is 5.96. The Labute approximate surface area is 104 Å². The fraction of sp³-hybridized carbons (Fsp3) is 0.0769. The van der Waals surface area contributed by atoms with Crippen LogP contribution in [0.25, 0.3) is 6.08 Å². The molecule has 4 heteroatoms. The van der Waals surface area contributed by atoms with Gasteiger partial charge in [-0.15, -0.1) is 11.3 Å². The number of rotatable bonds is 4. The maximum absolute atomic E-state index is 11.5. The molecule has 17 heavy (non-hydrogen) atoms. The van der Waals surface area contributed by atoms with Crippen molar-refractivity contribution >= 4 is 23.3 Å². The third-order valence-electron chi connectivity index (χ3n) is 2.16. The van der Waals surface area contributed by atoms with E-state index in [0.29, 0.717) is 6.54 Å². The van der Waals surface area contributed by atoms with Crippen LogP contribution < -0.4 is 5.32 Å². The maximum atomic E-state index is 11.5. The summed E-state index contributed by atoms with van der Waals surface area (Å²) in [5, 5.41) is 4.79. The number of hydrogen-bond acceptors (Lipinski definition) is 3. The second-order valence-electron chi connectivity index (χ2n) is 3.42. The van der Waals surface area contributed by atoms with Gasteiger partial charge in [-0.2, -0.15) is 0 Å². The largest absolute Gasteiger partial charge is 0.348 e. The molecule has 0 aliphatic heterocycles. The van der Waals surface area contributed by atoms with E-state index in [0.717, 1.165) is 10.4 Å². The molecule has 0 aromatic carbocycles. The zero-order chi connectivity index (χ0) is 11.9. The highest BCUT2D eigenvalue weighted by Gasteiger charge is 1.96. The fourth-order valence-electron chi connectivity index (χ4n) is 1.29. The number of amides is 1. The van der Waals surface area contributed by atoms with Crippen LogP contribution in [0.4, 0.5) is 0 Å². The summed E-state index contributed by atoms with van der Waals surface area (Å²) in [6.07, 6.45) is 6.78. The highest BCUT2D eigenvalue weighted by molar-refractivity contribution is 7.10. The summed E-state index contributed by atoms with van der Waals surface area (Å²) in [5.41, 5.74) is 1.04. The van der Waals surface area contributed by atoms with Crippen LogP contribution in [-0.2, 0) is 11.3 Å². The lowest BCUT2D eigenvalue weighted by molar-refractivity contribution is -0.116. The van der Waals surface area contributed by atoms with Crippen molar-refractivity contribution in [1.82, 2.24) is 10.3 Å². The standard InChI is InChI=1S/C13H12N2OS/c16-13(4-3-12-2-1-9-17-12)15-10-11-5-7-14-8-6-11/h1-9H,10H2,(H,15,16). The number of pyridine rings is 1. The second-order valence-corrected chi connectivity index (χ2v) is 4.40. The Morgan fingerprint density at radius 1 is 1.35 bits per heavy atom. The molecule has 0 radical (unpaired) electrons. The normalized spacial score (nSPS) is 10.6. The molecule has 0 bridgehead atoms. The topological polar surface area (TPSA) is 42.0 Å². The molecule has 2 aromatic rings. The first-order chi connectivity index (χ1) is 8.34. The first-order valence-corrected chi connectivity index (χ1v) is 6.11. The van der Waals surface area contributed by atoms with Gasteiger partial charge in [-0.05, 0) is 35.2 Å². The van der Waals surface area contributed by atoms with Crippen LogP contribution in [0.15, 0.2) is 48.1 Å². The first kappa shape index (κ1) is 11.5. The molecule has 1 amide bonds. The predicted molar refractivity (Wildman–Crippen MR) is 69.4 cm³/mol. The lowest BCUT2D eigenvalue weighted by Gasteiger charge is -2.01. The predicted octanol–water partition coefficient (Wildman–Crippen LogP) is 2.47. The Balaban J connectivity index is 1.82. The zero-order valence-corrected chi connectivity index (χ0v) is 9.98. The van der Waals surface area contributed by atoms with Crippen LogP contribution in [-0.4, -0.2) is 10.9 Å². The smallest absolute Gasteiger partial charge is 0.244 e. The molecule has 0 fully saturated rings. The van der Waals surface area contributed by atoms with Crippen molar-refractivity contribution in [1.29, 1.82) is 0 Å². The van der Waals surface area contributed by atoms with E-state index < -0.39 is 0 Å². The van der Waals surface area contributed by atoms with Gasteiger partial charge in [-0.3, -0.25) is 9.78 Å². The maximum Gasteiger partial charge on any atom is 0.244 e. The molecule has 86 valence electrons. The number of aromatic nitrogens is 1. The highest BCUT2D eigenvalue weighted by atomic mass is 32.1. The molecule has 0 saturated carbocycles. The van der Waals surface area contributed by atoms with Crippen molar-refractivity contribution in [2.75, 3.05) is 0 Å². The van der Waals surface area contributed by atoms with Crippen LogP contribution >= 0.6 is 11.3 Å². The summed E-state index contributed by atoms with van der Waals surface area (Å²) >= 11 is 1.60. The number of carbonyl (C=O) groups excluding carboxylic acids is 1. The fourth-order valence-corrected chi connectivity index (χ4v) is 1.91. The summed E-state index contributed by atoms with van der Waals surface area (Å²) in [6, 6.07) is 7.68. The van der Waals surface area contributed by atoms with Gasteiger partial charge >= 0.3 is 0 Å². The molecule has 2 aromatic heterocycles. The number of hydrogen-bond donors (Lipinski definition) is 1. The quantitative estimate of drug-likeness (QED) is 0.839. The van der Waals surface area contributed by atoms with E-state index in [1.54, 1.807) is 29.8 Å². The van der Waals surface area contributed by atoms with Gasteiger partial charge in [0.2, 0.25) is 5.91 Å². The molecule has 0 saturated heterocycles. The molecular weight excluding hydrogens is 232 g/mol. The molecule has 1 N–H and O–H groups in total. The summed E-state index contributed by atoms with van der Waals surface area (Å²) in [5.74, 6) is -0.0878. The van der Waals surface area contributed by atoms with Crippen LogP contribution in [0.2, 0.25) is 0 Å². The van der Waals surface area contributed by atoms with E-state index in [1.807, 2.05) is 35.7 Å². The Kier molecular flexibility index (Phi) is 4.05. The van der Waals surface area contributed by atoms with E-state index in [1.165, 1.54) is 0 Å². The number of nitrogens with one attached hydrogen (secondary N) is 1. The van der Waals surface area contributed by atoms with E-state index >= 15 is 0 Å². The average Bonchev–Trinajstić information content (AvgIpc) is 2.88. The van der Waals surface area contributed by atoms with Crippen LogP contribution in [0, 0.1) is 0 Å². The minimum Gasteiger partial charge on any atom is -0.348 e. The van der Waals surface area contributed by atoms with Gasteiger partial charge in [-0.25, -0.2) is 0 Å². The SMILES string of the molecule is O=C(C=Cc1cccs1)NCc1ccncc1. The summed E-state index contributed by atoms with van der Waals surface area (Å²) < 4.78 is 0. The van der Waals surface area contributed by atoms with Gasteiger partial charge in [0.1, 0.15) is 0 Å².